The number of hydrogen-bond donors (Lipinski definition) is 1. The molecule has 2 amide bonds. The zero-order valence-corrected chi connectivity index (χ0v) is 14.6. The lowest BCUT2D eigenvalue weighted by atomic mass is 10.1. The lowest BCUT2D eigenvalue weighted by Crippen LogP contribution is -2.39. The minimum Gasteiger partial charge on any atom is -0.319 e. The van der Waals surface area contributed by atoms with Gasteiger partial charge in [0.1, 0.15) is 0 Å². The minimum atomic E-state index is -4.54. The van der Waals surface area contributed by atoms with Crippen LogP contribution in [-0.2, 0) is 12.7 Å². The summed E-state index contributed by atoms with van der Waals surface area (Å²) < 4.78 is 39.4. The summed E-state index contributed by atoms with van der Waals surface area (Å²) in [4.78, 5) is 20.0. The lowest BCUT2D eigenvalue weighted by molar-refractivity contribution is -0.136. The summed E-state index contributed by atoms with van der Waals surface area (Å²) in [5.74, 6) is 0. The van der Waals surface area contributed by atoms with Gasteiger partial charge < -0.3 is 15.1 Å². The monoisotopic (exact) mass is 366 g/mol. The Morgan fingerprint density at radius 3 is 2.46 bits per heavy atom. The number of carbonyl (C=O) groups is 1. The zero-order chi connectivity index (χ0) is 19.2. The van der Waals surface area contributed by atoms with Crippen LogP contribution in [-0.4, -0.2) is 48.0 Å². The number of benzene rings is 1. The molecule has 140 valence electrons. The molecule has 0 bridgehead atoms. The van der Waals surface area contributed by atoms with E-state index in [-0.39, 0.29) is 12.2 Å². The highest BCUT2D eigenvalue weighted by molar-refractivity contribution is 5.90. The molecule has 26 heavy (non-hydrogen) atoms. The van der Waals surface area contributed by atoms with Gasteiger partial charge in [-0.25, -0.2) is 4.79 Å². The van der Waals surface area contributed by atoms with Crippen LogP contribution in [0.2, 0.25) is 0 Å². The first-order chi connectivity index (χ1) is 12.3. The topological polar surface area (TPSA) is 48.5 Å². The van der Waals surface area contributed by atoms with Crippen LogP contribution in [0.25, 0.3) is 0 Å². The highest BCUT2D eigenvalue weighted by atomic mass is 19.4. The van der Waals surface area contributed by atoms with E-state index in [1.165, 1.54) is 23.1 Å². The predicted molar refractivity (Wildman–Crippen MR) is 93.7 cm³/mol. The minimum absolute atomic E-state index is 0.252. The van der Waals surface area contributed by atoms with Gasteiger partial charge in [0, 0.05) is 32.0 Å². The molecule has 1 N–H and O–H groups in total. The Bertz CT molecular complexity index is 720. The van der Waals surface area contributed by atoms with E-state index in [1.54, 1.807) is 18.5 Å². The number of para-hydroxylation sites is 1. The maximum atomic E-state index is 13.1. The van der Waals surface area contributed by atoms with Crippen LogP contribution in [0.1, 0.15) is 11.1 Å². The van der Waals surface area contributed by atoms with Crippen molar-refractivity contribution in [2.45, 2.75) is 12.7 Å². The number of anilines is 1. The molecular formula is C18H21F3N4O. The van der Waals surface area contributed by atoms with Crippen LogP contribution < -0.4 is 5.32 Å². The number of aromatic nitrogens is 1. The van der Waals surface area contributed by atoms with E-state index in [4.69, 9.17) is 0 Å². The van der Waals surface area contributed by atoms with Gasteiger partial charge in [0.15, 0.2) is 0 Å². The molecule has 2 rings (SSSR count). The first-order valence-electron chi connectivity index (χ1n) is 8.03. The van der Waals surface area contributed by atoms with Gasteiger partial charge in [-0.2, -0.15) is 13.2 Å². The third kappa shape index (κ3) is 5.73. The van der Waals surface area contributed by atoms with Crippen molar-refractivity contribution in [3.05, 3.63) is 59.9 Å². The molecule has 0 spiro atoms. The van der Waals surface area contributed by atoms with Gasteiger partial charge in [0.05, 0.1) is 11.3 Å². The van der Waals surface area contributed by atoms with Gasteiger partial charge in [0.25, 0.3) is 0 Å². The summed E-state index contributed by atoms with van der Waals surface area (Å²) in [6.07, 6.45) is -1.30. The van der Waals surface area contributed by atoms with E-state index < -0.39 is 17.8 Å². The van der Waals surface area contributed by atoms with Crippen molar-refractivity contribution in [3.63, 3.8) is 0 Å². The number of carbonyl (C=O) groups excluding carboxylic acids is 1. The summed E-state index contributed by atoms with van der Waals surface area (Å²) in [6, 6.07) is 7.90. The highest BCUT2D eigenvalue weighted by Crippen LogP contribution is 2.34. The van der Waals surface area contributed by atoms with Crippen LogP contribution in [0.15, 0.2) is 48.8 Å². The maximum Gasteiger partial charge on any atom is 0.418 e. The summed E-state index contributed by atoms with van der Waals surface area (Å²) >= 11 is 0. The Morgan fingerprint density at radius 1 is 1.12 bits per heavy atom. The van der Waals surface area contributed by atoms with Crippen molar-refractivity contribution in [2.75, 3.05) is 32.5 Å². The third-order valence-electron chi connectivity index (χ3n) is 3.67. The standard InChI is InChI=1S/C18H21F3N4O/c1-24(2)10-11-25(13-14-6-5-9-22-12-14)17(26)23-16-8-4-3-7-15(16)18(19,20)21/h3-9,12H,10-11,13H2,1-2H3,(H,23,26). The SMILES string of the molecule is CN(C)CCN(Cc1cccnc1)C(=O)Nc1ccccc1C(F)(F)F. The Labute approximate surface area is 150 Å². The Morgan fingerprint density at radius 2 is 1.85 bits per heavy atom. The second-order valence-corrected chi connectivity index (χ2v) is 6.06. The fourth-order valence-electron chi connectivity index (χ4n) is 2.32. The molecule has 1 heterocycles. The van der Waals surface area contributed by atoms with Crippen LogP contribution in [0.3, 0.4) is 0 Å². The van der Waals surface area contributed by atoms with E-state index in [1.807, 2.05) is 25.1 Å². The average Bonchev–Trinajstić information content (AvgIpc) is 2.58. The molecule has 0 fully saturated rings. The van der Waals surface area contributed by atoms with E-state index in [2.05, 4.69) is 10.3 Å². The number of rotatable bonds is 6. The van der Waals surface area contributed by atoms with Gasteiger partial charge in [-0.1, -0.05) is 18.2 Å². The maximum absolute atomic E-state index is 13.1. The zero-order valence-electron chi connectivity index (χ0n) is 14.6. The largest absolute Gasteiger partial charge is 0.418 e. The van der Waals surface area contributed by atoms with Crippen molar-refractivity contribution in [2.24, 2.45) is 0 Å². The van der Waals surface area contributed by atoms with Crippen molar-refractivity contribution >= 4 is 11.7 Å². The molecule has 0 aliphatic carbocycles. The Hall–Kier alpha value is -2.61. The summed E-state index contributed by atoms with van der Waals surface area (Å²) in [5, 5.41) is 2.39. The third-order valence-corrected chi connectivity index (χ3v) is 3.67. The summed E-state index contributed by atoms with van der Waals surface area (Å²) in [5.41, 5.74) is -0.334. The van der Waals surface area contributed by atoms with E-state index in [9.17, 15) is 18.0 Å². The van der Waals surface area contributed by atoms with Crippen LogP contribution in [0.4, 0.5) is 23.7 Å². The Balaban J connectivity index is 2.18. The van der Waals surface area contributed by atoms with Gasteiger partial charge in [-0.3, -0.25) is 4.98 Å². The Kier molecular flexibility index (Phi) is 6.57. The van der Waals surface area contributed by atoms with Crippen molar-refractivity contribution < 1.29 is 18.0 Å². The fourth-order valence-corrected chi connectivity index (χ4v) is 2.32. The number of amides is 2. The number of nitrogens with zero attached hydrogens (tertiary/aromatic N) is 3. The van der Waals surface area contributed by atoms with Gasteiger partial charge in [0.2, 0.25) is 0 Å². The number of urea groups is 1. The van der Waals surface area contributed by atoms with Crippen molar-refractivity contribution in [1.29, 1.82) is 0 Å². The molecule has 0 aliphatic rings. The first kappa shape index (κ1) is 19.7. The van der Waals surface area contributed by atoms with Gasteiger partial charge in [-0.15, -0.1) is 0 Å². The number of alkyl halides is 3. The highest BCUT2D eigenvalue weighted by Gasteiger charge is 2.33. The van der Waals surface area contributed by atoms with Crippen LogP contribution in [0, 0.1) is 0 Å². The van der Waals surface area contributed by atoms with E-state index >= 15 is 0 Å². The molecule has 2 aromatic rings. The van der Waals surface area contributed by atoms with E-state index in [0.29, 0.717) is 13.1 Å². The number of nitrogens with one attached hydrogen (secondary N) is 1. The van der Waals surface area contributed by atoms with Crippen LogP contribution >= 0.6 is 0 Å². The second kappa shape index (κ2) is 8.66. The lowest BCUT2D eigenvalue weighted by Gasteiger charge is -2.25. The molecule has 8 heteroatoms. The average molecular weight is 366 g/mol. The normalized spacial score (nSPS) is 11.5. The van der Waals surface area contributed by atoms with Crippen molar-refractivity contribution in [1.82, 2.24) is 14.8 Å². The molecule has 0 unspecified atom stereocenters. The smallest absolute Gasteiger partial charge is 0.319 e. The van der Waals surface area contributed by atoms with Gasteiger partial charge >= 0.3 is 12.2 Å². The summed E-state index contributed by atoms with van der Waals surface area (Å²) in [6.45, 7) is 1.19. The number of likely N-dealkylation sites (N-methyl/N-ethyl adjacent to an activating group) is 1. The van der Waals surface area contributed by atoms with Crippen molar-refractivity contribution in [3.8, 4) is 0 Å². The molecule has 0 radical (unpaired) electrons. The quantitative estimate of drug-likeness (QED) is 0.848. The second-order valence-electron chi connectivity index (χ2n) is 6.06. The predicted octanol–water partition coefficient (Wildman–Crippen LogP) is 3.70. The van der Waals surface area contributed by atoms with E-state index in [0.717, 1.165) is 11.6 Å². The number of pyridine rings is 1. The molecule has 1 aromatic carbocycles. The van der Waals surface area contributed by atoms with Gasteiger partial charge in [-0.05, 0) is 37.9 Å². The fraction of sp³-hybridized carbons (Fsp3) is 0.333. The molecule has 0 aliphatic heterocycles. The number of halogens is 3. The first-order valence-corrected chi connectivity index (χ1v) is 8.03. The molecule has 0 atom stereocenters. The number of hydrogen-bond acceptors (Lipinski definition) is 3. The molecule has 5 nitrogen and oxygen atoms in total. The molecule has 0 saturated carbocycles. The molecular weight excluding hydrogens is 345 g/mol. The summed E-state index contributed by atoms with van der Waals surface area (Å²) in [7, 11) is 3.72. The molecule has 1 aromatic heterocycles. The molecule has 0 saturated heterocycles. The van der Waals surface area contributed by atoms with Crippen LogP contribution in [0.5, 0.6) is 0 Å².